The molecule has 0 heterocycles. The SMILES string of the molecule is CN=C(NCCNC(=O)c1ccc(OC)cc1)NCCc1cccc(F)c1.I. The van der Waals surface area contributed by atoms with Gasteiger partial charge in [-0.25, -0.2) is 4.39 Å². The van der Waals surface area contributed by atoms with Gasteiger partial charge in [-0.05, 0) is 48.4 Å². The average Bonchev–Trinajstić information content (AvgIpc) is 2.69. The molecule has 0 fully saturated rings. The standard InChI is InChI=1S/C20H25FN4O2.HI/c1-22-20(24-11-10-15-4-3-5-17(21)14-15)25-13-12-23-19(26)16-6-8-18(27-2)9-7-16;/h3-9,14H,10-13H2,1-2H3,(H,23,26)(H2,22,24,25);1H. The topological polar surface area (TPSA) is 74.8 Å². The van der Waals surface area contributed by atoms with Crippen molar-refractivity contribution in [2.24, 2.45) is 4.99 Å². The smallest absolute Gasteiger partial charge is 0.251 e. The zero-order valence-electron chi connectivity index (χ0n) is 16.0. The van der Waals surface area contributed by atoms with E-state index in [0.29, 0.717) is 43.3 Å². The minimum atomic E-state index is -0.234. The Balaban J connectivity index is 0.00000392. The lowest BCUT2D eigenvalue weighted by molar-refractivity contribution is 0.0954. The summed E-state index contributed by atoms with van der Waals surface area (Å²) < 4.78 is 18.2. The van der Waals surface area contributed by atoms with E-state index in [9.17, 15) is 9.18 Å². The Morgan fingerprint density at radius 1 is 1.04 bits per heavy atom. The highest BCUT2D eigenvalue weighted by molar-refractivity contribution is 14.0. The number of benzene rings is 2. The summed E-state index contributed by atoms with van der Waals surface area (Å²) in [4.78, 5) is 16.2. The lowest BCUT2D eigenvalue weighted by Gasteiger charge is -2.12. The zero-order valence-corrected chi connectivity index (χ0v) is 18.3. The largest absolute Gasteiger partial charge is 0.497 e. The zero-order chi connectivity index (χ0) is 19.5. The molecule has 28 heavy (non-hydrogen) atoms. The number of nitrogens with one attached hydrogen (secondary N) is 3. The molecule has 2 aromatic rings. The molecule has 0 unspecified atom stereocenters. The molecule has 0 atom stereocenters. The highest BCUT2D eigenvalue weighted by Gasteiger charge is 2.05. The van der Waals surface area contributed by atoms with Gasteiger partial charge in [0.15, 0.2) is 5.96 Å². The molecular weight excluding hydrogens is 474 g/mol. The molecule has 0 aliphatic carbocycles. The minimum absolute atomic E-state index is 0. The van der Waals surface area contributed by atoms with Crippen molar-refractivity contribution < 1.29 is 13.9 Å². The Morgan fingerprint density at radius 2 is 1.71 bits per heavy atom. The summed E-state index contributed by atoms with van der Waals surface area (Å²) in [6.07, 6.45) is 0.687. The van der Waals surface area contributed by atoms with E-state index in [1.807, 2.05) is 6.07 Å². The summed E-state index contributed by atoms with van der Waals surface area (Å²) in [6, 6.07) is 13.5. The second kappa shape index (κ2) is 12.9. The first kappa shape index (κ1) is 23.7. The van der Waals surface area contributed by atoms with Gasteiger partial charge >= 0.3 is 0 Å². The number of halogens is 2. The minimum Gasteiger partial charge on any atom is -0.497 e. The van der Waals surface area contributed by atoms with Crippen LogP contribution in [-0.2, 0) is 6.42 Å². The lowest BCUT2D eigenvalue weighted by atomic mass is 10.1. The average molecular weight is 500 g/mol. The first-order valence-electron chi connectivity index (χ1n) is 8.73. The molecule has 6 nitrogen and oxygen atoms in total. The van der Waals surface area contributed by atoms with Crippen LogP contribution in [0.1, 0.15) is 15.9 Å². The van der Waals surface area contributed by atoms with Crippen LogP contribution in [0.3, 0.4) is 0 Å². The van der Waals surface area contributed by atoms with Crippen molar-refractivity contribution in [1.82, 2.24) is 16.0 Å². The van der Waals surface area contributed by atoms with E-state index in [0.717, 1.165) is 5.56 Å². The maximum atomic E-state index is 13.2. The molecule has 2 rings (SSSR count). The monoisotopic (exact) mass is 500 g/mol. The maximum Gasteiger partial charge on any atom is 0.251 e. The van der Waals surface area contributed by atoms with Crippen molar-refractivity contribution in [2.45, 2.75) is 6.42 Å². The first-order valence-corrected chi connectivity index (χ1v) is 8.73. The van der Waals surface area contributed by atoms with Crippen LogP contribution in [0.15, 0.2) is 53.5 Å². The van der Waals surface area contributed by atoms with Crippen LogP contribution in [0.5, 0.6) is 5.75 Å². The Morgan fingerprint density at radius 3 is 2.36 bits per heavy atom. The van der Waals surface area contributed by atoms with Crippen molar-refractivity contribution >= 4 is 35.8 Å². The highest BCUT2D eigenvalue weighted by Crippen LogP contribution is 2.10. The molecule has 2 aromatic carbocycles. The third-order valence-electron chi connectivity index (χ3n) is 3.87. The molecule has 0 aromatic heterocycles. The number of rotatable bonds is 8. The molecule has 0 radical (unpaired) electrons. The normalized spacial score (nSPS) is 10.6. The van der Waals surface area contributed by atoms with Crippen molar-refractivity contribution in [3.05, 3.63) is 65.5 Å². The van der Waals surface area contributed by atoms with E-state index in [4.69, 9.17) is 4.74 Å². The number of aliphatic imine (C=N–C) groups is 1. The fourth-order valence-electron chi connectivity index (χ4n) is 2.44. The summed E-state index contributed by atoms with van der Waals surface area (Å²) in [6.45, 7) is 1.61. The Hall–Kier alpha value is -2.36. The van der Waals surface area contributed by atoms with Gasteiger partial charge < -0.3 is 20.7 Å². The molecule has 1 amide bonds. The number of carbonyl (C=O) groups is 1. The molecule has 152 valence electrons. The molecule has 0 saturated carbocycles. The molecule has 0 aliphatic rings. The van der Waals surface area contributed by atoms with E-state index >= 15 is 0 Å². The summed E-state index contributed by atoms with van der Waals surface area (Å²) in [7, 11) is 3.26. The van der Waals surface area contributed by atoms with Gasteiger partial charge in [-0.1, -0.05) is 12.1 Å². The van der Waals surface area contributed by atoms with Crippen molar-refractivity contribution in [2.75, 3.05) is 33.8 Å². The molecule has 0 aliphatic heterocycles. The van der Waals surface area contributed by atoms with Crippen LogP contribution >= 0.6 is 24.0 Å². The van der Waals surface area contributed by atoms with E-state index in [2.05, 4.69) is 20.9 Å². The first-order chi connectivity index (χ1) is 13.1. The Labute approximate surface area is 182 Å². The summed E-state index contributed by atoms with van der Waals surface area (Å²) in [5.74, 6) is 0.961. The molecule has 3 N–H and O–H groups in total. The molecule has 8 heteroatoms. The fourth-order valence-corrected chi connectivity index (χ4v) is 2.44. The van der Waals surface area contributed by atoms with Gasteiger partial charge in [-0.15, -0.1) is 24.0 Å². The second-order valence-electron chi connectivity index (χ2n) is 5.79. The van der Waals surface area contributed by atoms with Gasteiger partial charge in [0.2, 0.25) is 0 Å². The number of guanidine groups is 1. The Kier molecular flexibility index (Phi) is 10.9. The molecular formula is C20H26FIN4O2. The third-order valence-corrected chi connectivity index (χ3v) is 3.87. The fraction of sp³-hybridized carbons (Fsp3) is 0.300. The van der Waals surface area contributed by atoms with Crippen molar-refractivity contribution in [3.8, 4) is 5.75 Å². The lowest BCUT2D eigenvalue weighted by Crippen LogP contribution is -2.42. The number of carbonyl (C=O) groups excluding carboxylic acids is 1. The van der Waals surface area contributed by atoms with Gasteiger partial charge in [-0.2, -0.15) is 0 Å². The van der Waals surface area contributed by atoms with E-state index in [1.54, 1.807) is 44.5 Å². The van der Waals surface area contributed by atoms with Gasteiger partial charge in [0.05, 0.1) is 7.11 Å². The summed E-state index contributed by atoms with van der Waals surface area (Å²) in [5.41, 5.74) is 1.50. The third kappa shape index (κ3) is 8.12. The highest BCUT2D eigenvalue weighted by atomic mass is 127. The number of amides is 1. The quantitative estimate of drug-likeness (QED) is 0.226. The summed E-state index contributed by atoms with van der Waals surface area (Å²) >= 11 is 0. The van der Waals surface area contributed by atoms with Gasteiger partial charge in [0.1, 0.15) is 11.6 Å². The number of methoxy groups -OCH3 is 1. The second-order valence-corrected chi connectivity index (χ2v) is 5.79. The predicted octanol–water partition coefficient (Wildman–Crippen LogP) is 2.59. The Bertz CT molecular complexity index is 769. The van der Waals surface area contributed by atoms with Gasteiger partial charge in [0.25, 0.3) is 5.91 Å². The number of hydrogen-bond acceptors (Lipinski definition) is 3. The van der Waals surface area contributed by atoms with Crippen LogP contribution < -0.4 is 20.7 Å². The predicted molar refractivity (Wildman–Crippen MR) is 120 cm³/mol. The van der Waals surface area contributed by atoms with Crippen LogP contribution in [0.25, 0.3) is 0 Å². The van der Waals surface area contributed by atoms with E-state index in [1.165, 1.54) is 12.1 Å². The van der Waals surface area contributed by atoms with Crippen LogP contribution in [0, 0.1) is 5.82 Å². The van der Waals surface area contributed by atoms with Gasteiger partial charge in [-0.3, -0.25) is 9.79 Å². The molecule has 0 bridgehead atoms. The van der Waals surface area contributed by atoms with E-state index in [-0.39, 0.29) is 35.7 Å². The van der Waals surface area contributed by atoms with Crippen LogP contribution in [0.2, 0.25) is 0 Å². The van der Waals surface area contributed by atoms with E-state index < -0.39 is 0 Å². The molecule has 0 spiro atoms. The maximum absolute atomic E-state index is 13.2. The van der Waals surface area contributed by atoms with Crippen molar-refractivity contribution in [3.63, 3.8) is 0 Å². The summed E-state index contributed by atoms with van der Waals surface area (Å²) in [5, 5.41) is 9.12. The number of nitrogens with zero attached hydrogens (tertiary/aromatic N) is 1. The van der Waals surface area contributed by atoms with Gasteiger partial charge in [0, 0.05) is 32.2 Å². The number of ether oxygens (including phenoxy) is 1. The van der Waals surface area contributed by atoms with Crippen LogP contribution in [-0.4, -0.2) is 45.7 Å². The van der Waals surface area contributed by atoms with Crippen LogP contribution in [0.4, 0.5) is 4.39 Å². The molecule has 0 saturated heterocycles. The van der Waals surface area contributed by atoms with Crippen molar-refractivity contribution in [1.29, 1.82) is 0 Å². The number of hydrogen-bond donors (Lipinski definition) is 3.